The molecule has 2 amide bonds. The maximum absolute atomic E-state index is 12.8. The van der Waals surface area contributed by atoms with Crippen LogP contribution >= 0.6 is 0 Å². The summed E-state index contributed by atoms with van der Waals surface area (Å²) in [6.45, 7) is 2.20. The van der Waals surface area contributed by atoms with Crippen molar-refractivity contribution in [1.29, 1.82) is 0 Å². The number of nitrogens with one attached hydrogen (secondary N) is 1. The lowest BCUT2D eigenvalue weighted by molar-refractivity contribution is -0.129. The Balaban J connectivity index is 1.45. The van der Waals surface area contributed by atoms with Crippen molar-refractivity contribution < 1.29 is 9.59 Å². The Hall–Kier alpha value is -2.88. The van der Waals surface area contributed by atoms with Gasteiger partial charge in [-0.2, -0.15) is 0 Å². The topological polar surface area (TPSA) is 49.4 Å². The summed E-state index contributed by atoms with van der Waals surface area (Å²) in [6.07, 6.45) is 7.39. The van der Waals surface area contributed by atoms with E-state index in [4.69, 9.17) is 0 Å². The highest BCUT2D eigenvalue weighted by molar-refractivity contribution is 5.81. The first kappa shape index (κ1) is 18.5. The molecule has 2 atom stereocenters. The fourth-order valence-corrected chi connectivity index (χ4v) is 4.46. The Morgan fingerprint density at radius 3 is 2.64 bits per heavy atom. The van der Waals surface area contributed by atoms with Crippen molar-refractivity contribution in [3.05, 3.63) is 77.0 Å². The maximum Gasteiger partial charge on any atom is 0.223 e. The molecule has 0 saturated heterocycles. The average molecular weight is 374 g/mol. The number of amides is 2. The number of carbonyl (C=O) groups excluding carboxylic acids is 2. The van der Waals surface area contributed by atoms with Gasteiger partial charge < -0.3 is 10.2 Å². The summed E-state index contributed by atoms with van der Waals surface area (Å²) >= 11 is 0. The van der Waals surface area contributed by atoms with Gasteiger partial charge in [0.25, 0.3) is 0 Å². The van der Waals surface area contributed by atoms with Crippen LogP contribution in [-0.4, -0.2) is 23.3 Å². The van der Waals surface area contributed by atoms with Gasteiger partial charge in [0.15, 0.2) is 0 Å². The molecule has 0 bridgehead atoms. The Kier molecular flexibility index (Phi) is 5.29. The number of benzene rings is 2. The zero-order valence-electron chi connectivity index (χ0n) is 16.2. The summed E-state index contributed by atoms with van der Waals surface area (Å²) in [5.41, 5.74) is 4.87. The molecule has 0 spiro atoms. The SMILES string of the molecule is CC(=O)N1C=Cc2ccccc2C1CC(=O)NCC1CCCc2ccccc21. The molecule has 4 rings (SSSR count). The molecule has 0 fully saturated rings. The van der Waals surface area contributed by atoms with E-state index in [2.05, 4.69) is 29.6 Å². The molecular formula is C24H26N2O2. The van der Waals surface area contributed by atoms with Gasteiger partial charge in [-0.1, -0.05) is 48.5 Å². The second-order valence-corrected chi connectivity index (χ2v) is 7.68. The monoisotopic (exact) mass is 374 g/mol. The number of carbonyl (C=O) groups is 2. The van der Waals surface area contributed by atoms with E-state index in [1.54, 1.807) is 18.0 Å². The molecule has 1 N–H and O–H groups in total. The lowest BCUT2D eigenvalue weighted by Gasteiger charge is -2.32. The molecule has 1 aliphatic heterocycles. The number of hydrogen-bond acceptors (Lipinski definition) is 2. The lowest BCUT2D eigenvalue weighted by Crippen LogP contribution is -2.36. The third kappa shape index (κ3) is 3.72. The molecule has 4 heteroatoms. The summed E-state index contributed by atoms with van der Waals surface area (Å²) < 4.78 is 0. The van der Waals surface area contributed by atoms with Gasteiger partial charge >= 0.3 is 0 Å². The molecule has 1 heterocycles. The molecule has 2 aromatic rings. The van der Waals surface area contributed by atoms with Crippen molar-refractivity contribution >= 4 is 17.9 Å². The molecular weight excluding hydrogens is 348 g/mol. The first-order valence-corrected chi connectivity index (χ1v) is 10.0. The van der Waals surface area contributed by atoms with Gasteiger partial charge in [0, 0.05) is 25.6 Å². The predicted octanol–water partition coefficient (Wildman–Crippen LogP) is 4.19. The minimum atomic E-state index is -0.252. The van der Waals surface area contributed by atoms with E-state index in [0.717, 1.165) is 30.4 Å². The highest BCUT2D eigenvalue weighted by Gasteiger charge is 2.28. The Morgan fingerprint density at radius 2 is 1.82 bits per heavy atom. The minimum Gasteiger partial charge on any atom is -0.355 e. The molecule has 144 valence electrons. The summed E-state index contributed by atoms with van der Waals surface area (Å²) in [7, 11) is 0. The van der Waals surface area contributed by atoms with Crippen LogP contribution in [0.4, 0.5) is 0 Å². The Labute approximate surface area is 166 Å². The maximum atomic E-state index is 12.8. The lowest BCUT2D eigenvalue weighted by atomic mass is 9.83. The molecule has 2 aliphatic rings. The van der Waals surface area contributed by atoms with Crippen molar-refractivity contribution in [2.24, 2.45) is 0 Å². The standard InChI is InChI=1S/C24H26N2O2/c1-17(27)26-14-13-19-8-3-5-12-22(19)23(26)15-24(28)25-16-20-10-6-9-18-7-2-4-11-21(18)20/h2-5,7-8,11-14,20,23H,6,9-10,15-16H2,1H3,(H,25,28). The van der Waals surface area contributed by atoms with Gasteiger partial charge in [0.2, 0.25) is 11.8 Å². The Bertz CT molecular complexity index is 918. The molecule has 4 nitrogen and oxygen atoms in total. The summed E-state index contributed by atoms with van der Waals surface area (Å²) in [5.74, 6) is 0.311. The van der Waals surface area contributed by atoms with Gasteiger partial charge in [-0.15, -0.1) is 0 Å². The van der Waals surface area contributed by atoms with E-state index >= 15 is 0 Å². The van der Waals surface area contributed by atoms with Crippen molar-refractivity contribution in [3.8, 4) is 0 Å². The first-order valence-electron chi connectivity index (χ1n) is 10.0. The van der Waals surface area contributed by atoms with Gasteiger partial charge in [0.05, 0.1) is 12.5 Å². The zero-order valence-corrected chi connectivity index (χ0v) is 16.2. The van der Waals surface area contributed by atoms with Crippen molar-refractivity contribution in [3.63, 3.8) is 0 Å². The third-order valence-electron chi connectivity index (χ3n) is 5.89. The number of aryl methyl sites for hydroxylation is 1. The summed E-state index contributed by atoms with van der Waals surface area (Å²) in [6, 6.07) is 16.3. The van der Waals surface area contributed by atoms with Crippen LogP contribution in [0.2, 0.25) is 0 Å². The number of fused-ring (bicyclic) bond motifs is 2. The van der Waals surface area contributed by atoms with Crippen LogP contribution in [0, 0.1) is 0 Å². The van der Waals surface area contributed by atoms with Crippen LogP contribution < -0.4 is 5.32 Å². The van der Waals surface area contributed by atoms with Gasteiger partial charge in [-0.05, 0) is 47.6 Å². The van der Waals surface area contributed by atoms with Crippen LogP contribution in [0.5, 0.6) is 0 Å². The largest absolute Gasteiger partial charge is 0.355 e. The van der Waals surface area contributed by atoms with Crippen LogP contribution in [-0.2, 0) is 16.0 Å². The fraction of sp³-hybridized carbons (Fsp3) is 0.333. The highest BCUT2D eigenvalue weighted by Crippen LogP contribution is 2.33. The van der Waals surface area contributed by atoms with Crippen LogP contribution in [0.1, 0.15) is 60.4 Å². The first-order chi connectivity index (χ1) is 13.6. The van der Waals surface area contributed by atoms with Gasteiger partial charge in [-0.25, -0.2) is 0 Å². The molecule has 0 radical (unpaired) electrons. The van der Waals surface area contributed by atoms with Crippen LogP contribution in [0.15, 0.2) is 54.7 Å². The van der Waals surface area contributed by atoms with E-state index in [9.17, 15) is 9.59 Å². The second kappa shape index (κ2) is 8.01. The van der Waals surface area contributed by atoms with E-state index in [0.29, 0.717) is 12.5 Å². The average Bonchev–Trinajstić information content (AvgIpc) is 2.72. The van der Waals surface area contributed by atoms with E-state index in [-0.39, 0.29) is 24.3 Å². The predicted molar refractivity (Wildman–Crippen MR) is 110 cm³/mol. The molecule has 1 aliphatic carbocycles. The van der Waals surface area contributed by atoms with Crippen molar-refractivity contribution in [2.45, 2.75) is 44.6 Å². The van der Waals surface area contributed by atoms with E-state index < -0.39 is 0 Å². The normalized spacial score (nSPS) is 20.2. The molecule has 0 aromatic heterocycles. The zero-order chi connectivity index (χ0) is 19.5. The van der Waals surface area contributed by atoms with E-state index in [1.807, 2.05) is 30.3 Å². The summed E-state index contributed by atoms with van der Waals surface area (Å²) in [4.78, 5) is 26.5. The third-order valence-corrected chi connectivity index (χ3v) is 5.89. The molecule has 28 heavy (non-hydrogen) atoms. The fourth-order valence-electron chi connectivity index (χ4n) is 4.46. The molecule has 0 saturated carbocycles. The highest BCUT2D eigenvalue weighted by atomic mass is 16.2. The molecule has 2 unspecified atom stereocenters. The van der Waals surface area contributed by atoms with Crippen molar-refractivity contribution in [1.82, 2.24) is 10.2 Å². The Morgan fingerprint density at radius 1 is 1.07 bits per heavy atom. The van der Waals surface area contributed by atoms with Gasteiger partial charge in [-0.3, -0.25) is 9.59 Å². The molecule has 2 aromatic carbocycles. The van der Waals surface area contributed by atoms with E-state index in [1.165, 1.54) is 11.1 Å². The van der Waals surface area contributed by atoms with Crippen LogP contribution in [0.25, 0.3) is 6.08 Å². The van der Waals surface area contributed by atoms with Crippen molar-refractivity contribution in [2.75, 3.05) is 6.54 Å². The smallest absolute Gasteiger partial charge is 0.223 e. The van der Waals surface area contributed by atoms with Crippen LogP contribution in [0.3, 0.4) is 0 Å². The number of nitrogens with zero attached hydrogens (tertiary/aromatic N) is 1. The quantitative estimate of drug-likeness (QED) is 0.872. The number of hydrogen-bond donors (Lipinski definition) is 1. The van der Waals surface area contributed by atoms with Gasteiger partial charge in [0.1, 0.15) is 0 Å². The number of rotatable bonds is 4. The minimum absolute atomic E-state index is 0.00981. The second-order valence-electron chi connectivity index (χ2n) is 7.68. The summed E-state index contributed by atoms with van der Waals surface area (Å²) in [5, 5.41) is 3.13.